The molecule has 0 radical (unpaired) electrons. The number of carbonyl (C=O) groups is 3. The lowest BCUT2D eigenvalue weighted by Crippen LogP contribution is -2.36. The predicted molar refractivity (Wildman–Crippen MR) is 113 cm³/mol. The van der Waals surface area contributed by atoms with Gasteiger partial charge in [-0.25, -0.2) is 4.98 Å². The zero-order chi connectivity index (χ0) is 20.3. The summed E-state index contributed by atoms with van der Waals surface area (Å²) >= 11 is 7.53. The number of thiocarbonyl (C=S) groups is 1. The number of anilines is 1. The number of hydrogen-bond donors (Lipinski definition) is 2. The minimum absolute atomic E-state index is 0.217. The molecule has 2 amide bonds. The molecule has 1 aromatic carbocycles. The van der Waals surface area contributed by atoms with Crippen LogP contribution in [0.3, 0.4) is 0 Å². The van der Waals surface area contributed by atoms with Crippen molar-refractivity contribution in [3.63, 3.8) is 0 Å². The summed E-state index contributed by atoms with van der Waals surface area (Å²) in [5.41, 5.74) is 2.31. The Hall–Kier alpha value is -2.56. The Morgan fingerprint density at radius 3 is 2.82 bits per heavy atom. The summed E-state index contributed by atoms with van der Waals surface area (Å²) in [7, 11) is 0. The Bertz CT molecular complexity index is 999. The SMILES string of the molecule is Cc1ccccc1/C=C1\SC(=S)N(CC(=O)Nc2nc(CC(=O)O)cs2)C1=O. The summed E-state index contributed by atoms with van der Waals surface area (Å²) in [6, 6.07) is 7.67. The van der Waals surface area contributed by atoms with Gasteiger partial charge in [0.25, 0.3) is 5.91 Å². The molecule has 0 atom stereocenters. The highest BCUT2D eigenvalue weighted by molar-refractivity contribution is 8.26. The first-order valence-corrected chi connectivity index (χ1v) is 10.2. The van der Waals surface area contributed by atoms with Crippen LogP contribution in [0.5, 0.6) is 0 Å². The number of thiazole rings is 1. The quantitative estimate of drug-likeness (QED) is 0.534. The van der Waals surface area contributed by atoms with E-state index in [1.165, 1.54) is 4.90 Å². The molecule has 28 heavy (non-hydrogen) atoms. The summed E-state index contributed by atoms with van der Waals surface area (Å²) < 4.78 is 0.311. The van der Waals surface area contributed by atoms with Gasteiger partial charge in [-0.2, -0.15) is 0 Å². The monoisotopic (exact) mass is 433 g/mol. The zero-order valence-corrected chi connectivity index (χ0v) is 17.1. The molecule has 0 bridgehead atoms. The number of nitrogens with zero attached hydrogens (tertiary/aromatic N) is 2. The highest BCUT2D eigenvalue weighted by Crippen LogP contribution is 2.33. The molecule has 1 fully saturated rings. The van der Waals surface area contributed by atoms with Crippen molar-refractivity contribution >= 4 is 68.6 Å². The Morgan fingerprint density at radius 1 is 1.36 bits per heavy atom. The van der Waals surface area contributed by atoms with E-state index in [2.05, 4.69) is 10.3 Å². The van der Waals surface area contributed by atoms with E-state index in [0.717, 1.165) is 34.2 Å². The molecule has 2 aromatic rings. The van der Waals surface area contributed by atoms with Gasteiger partial charge in [0.15, 0.2) is 5.13 Å². The summed E-state index contributed by atoms with van der Waals surface area (Å²) in [5.74, 6) is -1.77. The van der Waals surface area contributed by atoms with E-state index in [4.69, 9.17) is 17.3 Å². The third-order valence-corrected chi connectivity index (χ3v) is 5.97. The fourth-order valence-corrected chi connectivity index (χ4v) is 4.40. The van der Waals surface area contributed by atoms with Crippen molar-refractivity contribution in [1.29, 1.82) is 0 Å². The fraction of sp³-hybridized carbons (Fsp3) is 0.167. The number of amides is 2. The lowest BCUT2D eigenvalue weighted by molar-refractivity contribution is -0.136. The fourth-order valence-electron chi connectivity index (χ4n) is 2.43. The molecule has 1 aromatic heterocycles. The topological polar surface area (TPSA) is 99.6 Å². The number of carboxylic acid groups (broad SMARTS) is 1. The first-order valence-electron chi connectivity index (χ1n) is 8.10. The van der Waals surface area contributed by atoms with E-state index >= 15 is 0 Å². The number of benzene rings is 1. The molecule has 1 aliphatic rings. The van der Waals surface area contributed by atoms with Gasteiger partial charge in [0.2, 0.25) is 5.91 Å². The van der Waals surface area contributed by atoms with E-state index < -0.39 is 11.9 Å². The molecule has 144 valence electrons. The number of aliphatic carboxylic acids is 1. The van der Waals surface area contributed by atoms with Crippen LogP contribution in [0.2, 0.25) is 0 Å². The third-order valence-electron chi connectivity index (χ3n) is 3.78. The van der Waals surface area contributed by atoms with Gasteiger partial charge in [-0.15, -0.1) is 11.3 Å². The molecule has 0 spiro atoms. The maximum atomic E-state index is 12.6. The Morgan fingerprint density at radius 2 is 2.11 bits per heavy atom. The van der Waals surface area contributed by atoms with Crippen LogP contribution in [0.15, 0.2) is 34.6 Å². The van der Waals surface area contributed by atoms with Crippen molar-refractivity contribution < 1.29 is 19.5 Å². The largest absolute Gasteiger partial charge is 0.481 e. The van der Waals surface area contributed by atoms with Gasteiger partial charge in [-0.1, -0.05) is 48.2 Å². The van der Waals surface area contributed by atoms with Crippen LogP contribution in [-0.4, -0.2) is 43.6 Å². The van der Waals surface area contributed by atoms with E-state index in [-0.39, 0.29) is 24.0 Å². The lowest BCUT2D eigenvalue weighted by atomic mass is 10.1. The highest BCUT2D eigenvalue weighted by Gasteiger charge is 2.33. The molecule has 2 heterocycles. The van der Waals surface area contributed by atoms with Crippen LogP contribution >= 0.6 is 35.3 Å². The third kappa shape index (κ3) is 4.83. The summed E-state index contributed by atoms with van der Waals surface area (Å²) in [6.07, 6.45) is 1.55. The van der Waals surface area contributed by atoms with Crippen molar-refractivity contribution in [2.75, 3.05) is 11.9 Å². The van der Waals surface area contributed by atoms with Gasteiger partial charge >= 0.3 is 5.97 Å². The smallest absolute Gasteiger partial charge is 0.309 e. The molecule has 7 nitrogen and oxygen atoms in total. The number of aromatic nitrogens is 1. The first-order chi connectivity index (χ1) is 13.3. The van der Waals surface area contributed by atoms with Gasteiger partial charge in [-0.05, 0) is 24.1 Å². The van der Waals surface area contributed by atoms with Crippen molar-refractivity contribution in [2.45, 2.75) is 13.3 Å². The maximum absolute atomic E-state index is 12.6. The number of carbonyl (C=O) groups excluding carboxylic acids is 2. The maximum Gasteiger partial charge on any atom is 0.309 e. The Labute approximate surface area is 174 Å². The van der Waals surface area contributed by atoms with Crippen LogP contribution in [0.25, 0.3) is 6.08 Å². The second-order valence-corrected chi connectivity index (χ2v) is 8.42. The average molecular weight is 434 g/mol. The summed E-state index contributed by atoms with van der Waals surface area (Å²) in [5, 5.41) is 13.2. The molecule has 1 saturated heterocycles. The van der Waals surface area contributed by atoms with Crippen molar-refractivity contribution in [3.8, 4) is 0 Å². The number of carboxylic acids is 1. The first kappa shape index (κ1) is 20.2. The standard InChI is InChI=1S/C18H15N3O4S3/c1-10-4-2-3-5-11(10)6-13-16(25)21(18(26)28-13)8-14(22)20-17-19-12(9-27-17)7-15(23)24/h2-6,9H,7-8H2,1H3,(H,23,24)(H,19,20,22)/b13-6-. The van der Waals surface area contributed by atoms with Crippen LogP contribution in [0.1, 0.15) is 16.8 Å². The Balaban J connectivity index is 1.65. The highest BCUT2D eigenvalue weighted by atomic mass is 32.2. The zero-order valence-electron chi connectivity index (χ0n) is 14.7. The predicted octanol–water partition coefficient (Wildman–Crippen LogP) is 2.92. The molecular weight excluding hydrogens is 418 g/mol. The second-order valence-electron chi connectivity index (χ2n) is 5.89. The summed E-state index contributed by atoms with van der Waals surface area (Å²) in [4.78, 5) is 41.3. The van der Waals surface area contributed by atoms with E-state index in [1.54, 1.807) is 11.5 Å². The molecule has 0 aliphatic carbocycles. The molecule has 0 unspecified atom stereocenters. The number of hydrogen-bond acceptors (Lipinski definition) is 7. The number of aryl methyl sites for hydroxylation is 1. The molecule has 2 N–H and O–H groups in total. The van der Waals surface area contributed by atoms with Crippen LogP contribution < -0.4 is 5.32 Å². The van der Waals surface area contributed by atoms with Crippen molar-refractivity contribution in [1.82, 2.24) is 9.88 Å². The van der Waals surface area contributed by atoms with E-state index in [1.807, 2.05) is 31.2 Å². The summed E-state index contributed by atoms with van der Waals surface area (Å²) in [6.45, 7) is 1.72. The van der Waals surface area contributed by atoms with Crippen LogP contribution in [0.4, 0.5) is 5.13 Å². The number of rotatable bonds is 6. The van der Waals surface area contributed by atoms with Gasteiger partial charge in [0.05, 0.1) is 17.0 Å². The van der Waals surface area contributed by atoms with Crippen LogP contribution in [0, 0.1) is 6.92 Å². The molecule has 10 heteroatoms. The minimum atomic E-state index is -0.999. The van der Waals surface area contributed by atoms with Gasteiger partial charge in [0.1, 0.15) is 10.9 Å². The van der Waals surface area contributed by atoms with E-state index in [9.17, 15) is 14.4 Å². The molecular formula is C18H15N3O4S3. The Kier molecular flexibility index (Phi) is 6.22. The molecule has 1 aliphatic heterocycles. The number of thioether (sulfide) groups is 1. The lowest BCUT2D eigenvalue weighted by Gasteiger charge is -2.13. The van der Waals surface area contributed by atoms with Gasteiger partial charge in [-0.3, -0.25) is 19.3 Å². The average Bonchev–Trinajstić information content (AvgIpc) is 3.15. The minimum Gasteiger partial charge on any atom is -0.481 e. The van der Waals surface area contributed by atoms with Gasteiger partial charge in [0, 0.05) is 5.38 Å². The van der Waals surface area contributed by atoms with Crippen LogP contribution in [-0.2, 0) is 20.8 Å². The molecule has 3 rings (SSSR count). The second kappa shape index (κ2) is 8.63. The van der Waals surface area contributed by atoms with Crippen molar-refractivity contribution in [2.24, 2.45) is 0 Å². The molecule has 0 saturated carbocycles. The van der Waals surface area contributed by atoms with Crippen molar-refractivity contribution in [3.05, 3.63) is 51.4 Å². The van der Waals surface area contributed by atoms with Gasteiger partial charge < -0.3 is 10.4 Å². The number of nitrogens with one attached hydrogen (secondary N) is 1. The van der Waals surface area contributed by atoms with E-state index in [0.29, 0.717) is 14.9 Å². The normalized spacial score (nSPS) is 15.3.